The van der Waals surface area contributed by atoms with Gasteiger partial charge in [-0.3, -0.25) is 0 Å². The van der Waals surface area contributed by atoms with Crippen LogP contribution in [-0.2, 0) is 94.8 Å². The van der Waals surface area contributed by atoms with E-state index in [2.05, 4.69) is 155 Å². The average Bonchev–Trinajstić information content (AvgIpc) is 0.786. The fourth-order valence-corrected chi connectivity index (χ4v) is 88.6. The minimum absolute atomic E-state index is 0. The molecule has 17 unspecified atom stereocenters. The molecule has 0 saturated heterocycles. The van der Waals surface area contributed by atoms with E-state index in [9.17, 15) is 19.2 Å². The van der Waals surface area contributed by atoms with Gasteiger partial charge in [0.15, 0.2) is 0 Å². The number of benzene rings is 1. The molecular weight excluding hydrogens is 2350 g/mol. The van der Waals surface area contributed by atoms with Crippen molar-refractivity contribution in [2.75, 3.05) is 72.7 Å². The molecule has 2 radical (unpaired) electrons. The Morgan fingerprint density at radius 1 is 0.625 bits per heavy atom. The van der Waals surface area contributed by atoms with Crippen molar-refractivity contribution in [2.24, 2.45) is 0 Å². The number of rotatable bonds is 42. The van der Waals surface area contributed by atoms with E-state index in [1.807, 2.05) is 6.92 Å². The fourth-order valence-electron chi connectivity index (χ4n) is 7.00. The van der Waals surface area contributed by atoms with Gasteiger partial charge in [0, 0.05) is 42.3 Å². The molecule has 1 amide bonds. The third kappa shape index (κ3) is 94.0. The minimum Gasteiger partial charge on any atom is -0.110 e. The Bertz CT molecular complexity index is 1910. The molecule has 15 nitrogen and oxygen atoms in total. The second-order valence-corrected chi connectivity index (χ2v) is 141. The van der Waals surface area contributed by atoms with E-state index >= 15 is 0 Å². The van der Waals surface area contributed by atoms with Gasteiger partial charge in [-0.05, 0) is 14.0 Å². The number of amides is 1. The molecular formula is C57H138INO14P16Pd2Sn5. The zero-order valence-corrected chi connectivity index (χ0v) is 99.2. The first kappa shape index (κ1) is 121. The number of carbonyl (C=O) groups excluding carboxylic acids is 4. The zero-order chi connectivity index (χ0) is 73.6. The summed E-state index contributed by atoms with van der Waals surface area (Å²) in [6.45, 7) is 31.5. The number of carbonyl (C=O) groups is 4. The number of nitrogens with one attached hydrogen (secondary N) is 1. The summed E-state index contributed by atoms with van der Waals surface area (Å²) in [6, 6.07) is 2.25. The van der Waals surface area contributed by atoms with Gasteiger partial charge in [0.1, 0.15) is 0 Å². The Labute approximate surface area is 686 Å². The third-order valence-electron chi connectivity index (χ3n) is 11.3. The van der Waals surface area contributed by atoms with E-state index in [-0.39, 0.29) is 66.8 Å². The van der Waals surface area contributed by atoms with Gasteiger partial charge in [0.2, 0.25) is 0 Å². The van der Waals surface area contributed by atoms with Gasteiger partial charge in [-0.2, -0.15) is 0 Å². The van der Waals surface area contributed by atoms with Crippen LogP contribution < -0.4 is 18.4 Å². The topological polar surface area (TPSA) is 173 Å². The van der Waals surface area contributed by atoms with Gasteiger partial charge in [-0.15, -0.1) is 53.6 Å². The number of ether oxygens (including phenoxy) is 10. The van der Waals surface area contributed by atoms with Crippen molar-refractivity contribution in [1.82, 2.24) is 5.32 Å². The average molecular weight is 2490 g/mol. The molecule has 39 heteroatoms. The molecule has 1 aromatic carbocycles. The van der Waals surface area contributed by atoms with E-state index in [0.717, 1.165) is 99.1 Å². The SMILES string of the molecule is CCOCC[CH2][SnH]([CH3])[CH3].CCOCC[CH2][Sn]([CH3])([CH3])[I].CCOCC[CH2][Sn]([CH3])([CH3])[c]1cc(OC(=O)OC(C)(C)C)c(OC(=O)OC(C)(C)C)cc1CC(NC=O)C(=O)OCC.CCOCC[CH2][Sn]([CH3])[CH3].CCOCC[CH2][Sn]([CH3])[CH3].PPPPP(P)PP.PPPPP(P)PP.[HH].[Pd].[Pd]. The van der Waals surface area contributed by atoms with E-state index < -0.39 is 128 Å². The Kier molecular flexibility index (Phi) is 104. The van der Waals surface area contributed by atoms with Crippen LogP contribution in [0.1, 0.15) is 122 Å². The molecule has 0 fully saturated rings. The molecule has 0 bridgehead atoms. The summed E-state index contributed by atoms with van der Waals surface area (Å²) in [7, 11) is 26.5. The van der Waals surface area contributed by atoms with Gasteiger partial charge in [-0.25, -0.2) is 0 Å². The van der Waals surface area contributed by atoms with Crippen molar-refractivity contribution in [3.05, 3.63) is 17.7 Å². The Morgan fingerprint density at radius 2 is 0.990 bits per heavy atom. The number of esters is 1. The summed E-state index contributed by atoms with van der Waals surface area (Å²) >= 11 is -4.37. The summed E-state index contributed by atoms with van der Waals surface area (Å²) < 4.78 is 61.1. The summed E-state index contributed by atoms with van der Waals surface area (Å²) in [5.41, 5.74) is -1.00. The van der Waals surface area contributed by atoms with Crippen LogP contribution >= 0.6 is 150 Å². The summed E-state index contributed by atoms with van der Waals surface area (Å²) in [6.07, 6.45) is 4.54. The third-order valence-corrected chi connectivity index (χ3v) is 104. The van der Waals surface area contributed by atoms with E-state index in [1.165, 1.54) is 75.3 Å². The standard InChI is InChI=1S/C22H30NO9.5C5H11O.10CH3.HI.2H10P8.2Pd.5Sn.H2.H/c1-8-28-18(25)15(23-13-24)11-14-9-10-16(29-19(26)31-21(2,3)4)17(12-14)30-20(27)32-22(5,6)7;5*1-3-5-6-4-2;;;;;;;;;;;;2*1-4-6-7-8(3)5-2;;;;;;;;;/h10,12-13,15H,8,11H2,1-7H3,(H,23,24);5*1,3-5H2,2H3;10*1H3;1H;2*4-7H,1-3H2;;;;;;;;1H;/q;;;;;;;;;;;;;;;;;;;;;;;;;+1;;/p-1. The van der Waals surface area contributed by atoms with E-state index in [4.69, 9.17) is 47.4 Å². The fraction of sp³-hybridized carbons (Fsp3) is 0.825. The van der Waals surface area contributed by atoms with Gasteiger partial charge in [0.25, 0.3) is 0 Å². The first-order chi connectivity index (χ1) is 43.9. The van der Waals surface area contributed by atoms with Gasteiger partial charge >= 0.3 is 523 Å². The molecule has 0 aliphatic rings. The van der Waals surface area contributed by atoms with Crippen molar-refractivity contribution in [3.63, 3.8) is 0 Å². The largest absolute Gasteiger partial charge is 0.110 e. The molecule has 0 heterocycles. The van der Waals surface area contributed by atoms with Gasteiger partial charge < -0.3 is 0 Å². The van der Waals surface area contributed by atoms with Gasteiger partial charge in [-0.1, -0.05) is 63.7 Å². The second-order valence-electron chi connectivity index (χ2n) is 24.6. The first-order valence-electron chi connectivity index (χ1n) is 32.4. The molecule has 0 spiro atoms. The zero-order valence-electron chi connectivity index (χ0n) is 62.5. The quantitative estimate of drug-likeness (QED) is 0.00957. The van der Waals surface area contributed by atoms with Crippen molar-refractivity contribution in [2.45, 2.75) is 210 Å². The van der Waals surface area contributed by atoms with E-state index in [0.29, 0.717) is 39.2 Å². The molecule has 582 valence electrons. The van der Waals surface area contributed by atoms with Crippen molar-refractivity contribution in [1.29, 1.82) is 0 Å². The maximum Gasteiger partial charge on any atom is 0 e. The molecule has 1 rings (SSSR count). The molecule has 1 N–H and O–H groups in total. The maximum absolute atomic E-state index is 12.7. The molecule has 0 aliphatic heterocycles. The van der Waals surface area contributed by atoms with Crippen LogP contribution in [0.4, 0.5) is 9.59 Å². The number of hydrogen-bond donors (Lipinski definition) is 1. The predicted molar refractivity (Wildman–Crippen MR) is 486 cm³/mol. The number of hydrogen-bond acceptors (Lipinski definition) is 14. The van der Waals surface area contributed by atoms with Crippen LogP contribution in [0.3, 0.4) is 0 Å². The smallest absolute Gasteiger partial charge is 0 e. The van der Waals surface area contributed by atoms with Crippen molar-refractivity contribution < 1.29 is 109 Å². The van der Waals surface area contributed by atoms with Crippen LogP contribution in [0.15, 0.2) is 12.1 Å². The summed E-state index contributed by atoms with van der Waals surface area (Å²) in [4.78, 5) is 73.4. The van der Waals surface area contributed by atoms with Crippen LogP contribution in [0.25, 0.3) is 0 Å². The van der Waals surface area contributed by atoms with Crippen LogP contribution in [0, 0.1) is 0 Å². The first-order valence-corrected chi connectivity index (χ1v) is 110. The number of halogens is 1. The molecule has 96 heavy (non-hydrogen) atoms. The Morgan fingerprint density at radius 3 is 1.30 bits per heavy atom. The van der Waals surface area contributed by atoms with Crippen LogP contribution in [0.5, 0.6) is 11.5 Å². The maximum atomic E-state index is 12.7. The Balaban J connectivity index is -0.000000159. The van der Waals surface area contributed by atoms with Crippen molar-refractivity contribution in [3.8, 4) is 11.5 Å². The monoisotopic (exact) mass is 2490 g/mol. The van der Waals surface area contributed by atoms with Crippen LogP contribution in [-0.4, -0.2) is 207 Å². The minimum atomic E-state index is -3.21. The normalized spacial score (nSPS) is 13.0. The predicted octanol–water partition coefficient (Wildman–Crippen LogP) is 22.8. The molecule has 0 aliphatic carbocycles. The van der Waals surface area contributed by atoms with Gasteiger partial charge in [0.05, 0.1) is 0 Å². The summed E-state index contributed by atoms with van der Waals surface area (Å²) in [5.74, 6) is -0.706. The molecule has 0 aromatic heterocycles. The van der Waals surface area contributed by atoms with Crippen LogP contribution in [0.2, 0.25) is 71.6 Å². The Hall–Kier alpha value is 9.43. The van der Waals surface area contributed by atoms with E-state index in [1.54, 1.807) is 60.6 Å². The molecule has 0 saturated carbocycles. The van der Waals surface area contributed by atoms with Crippen molar-refractivity contribution >= 4 is 270 Å². The molecule has 17 atom stereocenters. The summed E-state index contributed by atoms with van der Waals surface area (Å²) in [5, 5.41) is 2.53. The second kappa shape index (κ2) is 82.4. The molecule has 1 aromatic rings.